The van der Waals surface area contributed by atoms with Crippen LogP contribution in [0.25, 0.3) is 0 Å². The lowest BCUT2D eigenvalue weighted by atomic mass is 9.89. The fraction of sp³-hybridized carbons (Fsp3) is 0.364. The molecule has 6 rings (SSSR count). The zero-order valence-electron chi connectivity index (χ0n) is 22.5. The second-order valence-electron chi connectivity index (χ2n) is 11.2. The predicted octanol–water partition coefficient (Wildman–Crippen LogP) is 5.51. The third-order valence-corrected chi connectivity index (χ3v) is 8.52. The van der Waals surface area contributed by atoms with Gasteiger partial charge < -0.3 is 14.5 Å². The number of hydrogen-bond donors (Lipinski definition) is 0. The molecule has 2 fully saturated rings. The lowest BCUT2D eigenvalue weighted by Crippen LogP contribution is -2.44. The number of benzene rings is 3. The van der Waals surface area contributed by atoms with E-state index < -0.39 is 6.04 Å². The Hall–Kier alpha value is -4.00. The van der Waals surface area contributed by atoms with Crippen LogP contribution in [0.15, 0.2) is 66.7 Å². The van der Waals surface area contributed by atoms with E-state index in [2.05, 4.69) is 29.2 Å². The number of piperidine rings is 1. The quantitative estimate of drug-likeness (QED) is 0.370. The number of fused-ring (bicyclic) bond motifs is 1. The van der Waals surface area contributed by atoms with E-state index in [0.29, 0.717) is 43.2 Å². The molecule has 0 bridgehead atoms. The second-order valence-corrected chi connectivity index (χ2v) is 11.2. The van der Waals surface area contributed by atoms with E-state index >= 15 is 0 Å². The van der Waals surface area contributed by atoms with Gasteiger partial charge in [0.1, 0.15) is 24.0 Å². The summed E-state index contributed by atoms with van der Waals surface area (Å²) in [4.78, 5) is 41.1. The zero-order valence-corrected chi connectivity index (χ0v) is 22.5. The number of carbonyl (C=O) groups is 3. The number of Topliss-reactive ketones (excluding diaryl/α,β-unsaturated/α-hetero) is 2. The van der Waals surface area contributed by atoms with E-state index in [1.54, 1.807) is 11.0 Å². The molecule has 1 amide bonds. The van der Waals surface area contributed by atoms with E-state index in [9.17, 15) is 18.8 Å². The van der Waals surface area contributed by atoms with Gasteiger partial charge in [0.2, 0.25) is 0 Å². The van der Waals surface area contributed by atoms with Crippen molar-refractivity contribution in [2.24, 2.45) is 5.92 Å². The monoisotopic (exact) mass is 540 g/mol. The van der Waals surface area contributed by atoms with Gasteiger partial charge in [-0.2, -0.15) is 0 Å². The Labute approximate surface area is 233 Å². The van der Waals surface area contributed by atoms with Crippen molar-refractivity contribution in [1.82, 2.24) is 4.90 Å². The molecule has 3 aromatic rings. The van der Waals surface area contributed by atoms with Crippen LogP contribution in [0.3, 0.4) is 0 Å². The molecule has 0 radical (unpaired) electrons. The van der Waals surface area contributed by atoms with Gasteiger partial charge in [0.25, 0.3) is 5.91 Å². The molecule has 0 aromatic heterocycles. The number of nitrogens with zero attached hydrogens (tertiary/aromatic N) is 2. The number of carbonyl (C=O) groups excluding carboxylic acids is 3. The van der Waals surface area contributed by atoms with Crippen LogP contribution in [0.1, 0.15) is 59.2 Å². The number of anilines is 1. The molecule has 1 unspecified atom stereocenters. The van der Waals surface area contributed by atoms with Crippen molar-refractivity contribution < 1.29 is 23.5 Å². The molecule has 3 aliphatic rings. The number of amides is 1. The van der Waals surface area contributed by atoms with Crippen LogP contribution in [0.5, 0.6) is 5.75 Å². The third-order valence-electron chi connectivity index (χ3n) is 8.52. The average molecular weight is 541 g/mol. The molecule has 40 heavy (non-hydrogen) atoms. The van der Waals surface area contributed by atoms with Crippen LogP contribution >= 0.6 is 0 Å². The summed E-state index contributed by atoms with van der Waals surface area (Å²) < 4.78 is 19.4. The third kappa shape index (κ3) is 5.51. The highest BCUT2D eigenvalue weighted by Crippen LogP contribution is 2.35. The van der Waals surface area contributed by atoms with Crippen molar-refractivity contribution in [1.29, 1.82) is 0 Å². The number of halogens is 1. The Balaban J connectivity index is 1.03. The Kier molecular flexibility index (Phi) is 7.37. The molecule has 0 N–H and O–H groups in total. The SMILES string of the molecule is O=C1CCC(N2Cc3c(OCc4ccc(CC5CCN(c6ccc(F)cc6)CC5)cc4)cccc3C2=O)C(=O)C1. The Morgan fingerprint density at radius 2 is 1.57 bits per heavy atom. The van der Waals surface area contributed by atoms with Crippen LogP contribution in [0.4, 0.5) is 10.1 Å². The fourth-order valence-electron chi connectivity index (χ4n) is 6.21. The van der Waals surface area contributed by atoms with Gasteiger partial charge in [0.05, 0.1) is 19.0 Å². The van der Waals surface area contributed by atoms with E-state index in [-0.39, 0.29) is 29.7 Å². The number of ketones is 2. The van der Waals surface area contributed by atoms with Crippen LogP contribution in [-0.2, 0) is 29.2 Å². The van der Waals surface area contributed by atoms with Gasteiger partial charge in [-0.05, 0) is 79.1 Å². The first-order valence-corrected chi connectivity index (χ1v) is 14.1. The minimum Gasteiger partial charge on any atom is -0.489 e. The van der Waals surface area contributed by atoms with E-state index in [4.69, 9.17) is 4.74 Å². The summed E-state index contributed by atoms with van der Waals surface area (Å²) in [5, 5.41) is 0. The Morgan fingerprint density at radius 1 is 0.850 bits per heavy atom. The zero-order chi connectivity index (χ0) is 27.6. The minimum absolute atomic E-state index is 0.0484. The molecular formula is C33H33FN2O4. The van der Waals surface area contributed by atoms with E-state index in [1.165, 1.54) is 17.7 Å². The lowest BCUT2D eigenvalue weighted by Gasteiger charge is -2.33. The van der Waals surface area contributed by atoms with Crippen LogP contribution in [0, 0.1) is 11.7 Å². The second kappa shape index (κ2) is 11.2. The lowest BCUT2D eigenvalue weighted by molar-refractivity contribution is -0.133. The predicted molar refractivity (Wildman–Crippen MR) is 150 cm³/mol. The number of rotatable bonds is 7. The van der Waals surface area contributed by atoms with Crippen molar-refractivity contribution in [2.45, 2.75) is 57.7 Å². The molecule has 2 heterocycles. The smallest absolute Gasteiger partial charge is 0.255 e. The molecule has 7 heteroatoms. The van der Waals surface area contributed by atoms with Crippen molar-refractivity contribution in [3.05, 3.63) is 94.8 Å². The molecule has 1 atom stereocenters. The van der Waals surface area contributed by atoms with Gasteiger partial charge in [-0.15, -0.1) is 0 Å². The number of ether oxygens (including phenoxy) is 1. The summed E-state index contributed by atoms with van der Waals surface area (Å²) in [6.07, 6.45) is 3.91. The molecule has 0 spiro atoms. The molecule has 2 aliphatic heterocycles. The first-order chi connectivity index (χ1) is 19.4. The molecule has 1 saturated carbocycles. The van der Waals surface area contributed by atoms with Crippen molar-refractivity contribution in [2.75, 3.05) is 18.0 Å². The standard InChI is InChI=1S/C33H33FN2O4/c34-25-8-10-26(11-9-25)35-16-14-23(15-17-35)18-22-4-6-24(7-5-22)21-40-32-3-1-2-28-29(32)20-36(33(28)39)30-13-12-27(37)19-31(30)38/h1-11,23,30H,12-21H2. The van der Waals surface area contributed by atoms with E-state index in [0.717, 1.165) is 49.2 Å². The summed E-state index contributed by atoms with van der Waals surface area (Å²) in [5.74, 6) is 0.700. The van der Waals surface area contributed by atoms with Gasteiger partial charge in [-0.25, -0.2) is 4.39 Å². The average Bonchev–Trinajstić information content (AvgIpc) is 3.30. The molecule has 206 valence electrons. The van der Waals surface area contributed by atoms with Gasteiger partial charge in [-0.1, -0.05) is 30.3 Å². The summed E-state index contributed by atoms with van der Waals surface area (Å²) in [7, 11) is 0. The van der Waals surface area contributed by atoms with Crippen LogP contribution < -0.4 is 9.64 Å². The molecule has 3 aromatic carbocycles. The van der Waals surface area contributed by atoms with Gasteiger partial charge >= 0.3 is 0 Å². The Bertz CT molecular complexity index is 1410. The highest BCUT2D eigenvalue weighted by molar-refractivity contribution is 6.07. The highest BCUT2D eigenvalue weighted by Gasteiger charge is 2.40. The first-order valence-electron chi connectivity index (χ1n) is 14.1. The van der Waals surface area contributed by atoms with Gasteiger partial charge in [0, 0.05) is 36.3 Å². The maximum atomic E-state index is 13.2. The van der Waals surface area contributed by atoms with Crippen molar-refractivity contribution in [3.8, 4) is 5.75 Å². The fourth-order valence-corrected chi connectivity index (χ4v) is 6.21. The summed E-state index contributed by atoms with van der Waals surface area (Å²) in [6, 6.07) is 20.2. The number of hydrogen-bond acceptors (Lipinski definition) is 5. The summed E-state index contributed by atoms with van der Waals surface area (Å²) >= 11 is 0. The summed E-state index contributed by atoms with van der Waals surface area (Å²) in [6.45, 7) is 2.68. The van der Waals surface area contributed by atoms with Gasteiger partial charge in [0.15, 0.2) is 5.78 Å². The van der Waals surface area contributed by atoms with E-state index in [1.807, 2.05) is 24.3 Å². The summed E-state index contributed by atoms with van der Waals surface area (Å²) in [5.41, 5.74) is 4.82. The van der Waals surface area contributed by atoms with Crippen LogP contribution in [-0.4, -0.2) is 41.5 Å². The largest absolute Gasteiger partial charge is 0.489 e. The van der Waals surface area contributed by atoms with Crippen molar-refractivity contribution >= 4 is 23.2 Å². The molecule has 6 nitrogen and oxygen atoms in total. The molecule has 1 aliphatic carbocycles. The van der Waals surface area contributed by atoms with Crippen molar-refractivity contribution in [3.63, 3.8) is 0 Å². The molecular weight excluding hydrogens is 507 g/mol. The molecule has 1 saturated heterocycles. The topological polar surface area (TPSA) is 66.9 Å². The first kappa shape index (κ1) is 26.2. The normalized spacial score (nSPS) is 19.7. The van der Waals surface area contributed by atoms with Crippen LogP contribution in [0.2, 0.25) is 0 Å². The Morgan fingerprint density at radius 3 is 2.30 bits per heavy atom. The maximum absolute atomic E-state index is 13.2. The maximum Gasteiger partial charge on any atom is 0.255 e. The highest BCUT2D eigenvalue weighted by atomic mass is 19.1. The minimum atomic E-state index is -0.534. The van der Waals surface area contributed by atoms with Gasteiger partial charge in [-0.3, -0.25) is 14.4 Å².